The van der Waals surface area contributed by atoms with Gasteiger partial charge in [0, 0.05) is 4.47 Å². The zero-order valence-electron chi connectivity index (χ0n) is 9.67. The van der Waals surface area contributed by atoms with Crippen LogP contribution in [0.4, 0.5) is 17.2 Å². The van der Waals surface area contributed by atoms with Crippen molar-refractivity contribution >= 4 is 44.7 Å². The van der Waals surface area contributed by atoms with Crippen LogP contribution in [0.1, 0.15) is 5.56 Å². The summed E-state index contributed by atoms with van der Waals surface area (Å²) >= 11 is 8.96. The zero-order valence-corrected chi connectivity index (χ0v) is 12.0. The van der Waals surface area contributed by atoms with E-state index in [1.54, 1.807) is 18.2 Å². The second kappa shape index (κ2) is 5.81. The Labute approximate surface area is 126 Å². The normalized spacial score (nSPS) is 9.85. The van der Waals surface area contributed by atoms with Gasteiger partial charge in [0.15, 0.2) is 0 Å². The van der Waals surface area contributed by atoms with Crippen molar-refractivity contribution in [2.75, 3.05) is 5.32 Å². The molecule has 100 valence electrons. The molecule has 1 aromatic heterocycles. The van der Waals surface area contributed by atoms with E-state index in [4.69, 9.17) is 16.9 Å². The van der Waals surface area contributed by atoms with Crippen molar-refractivity contribution in [3.05, 3.63) is 49.8 Å². The molecule has 0 fully saturated rings. The molecule has 9 heteroatoms. The molecular weight excluding hydrogens is 350 g/mol. The Kier molecular flexibility index (Phi) is 4.12. The van der Waals surface area contributed by atoms with E-state index in [2.05, 4.69) is 31.2 Å². The second-order valence-electron chi connectivity index (χ2n) is 3.55. The smallest absolute Gasteiger partial charge is 0.333 e. The van der Waals surface area contributed by atoms with Crippen molar-refractivity contribution in [1.29, 1.82) is 5.26 Å². The molecule has 0 atom stereocenters. The fourth-order valence-electron chi connectivity index (χ4n) is 1.42. The van der Waals surface area contributed by atoms with Crippen molar-refractivity contribution in [3.63, 3.8) is 0 Å². The minimum atomic E-state index is -0.664. The van der Waals surface area contributed by atoms with Crippen LogP contribution < -0.4 is 5.32 Å². The number of anilines is 2. The van der Waals surface area contributed by atoms with E-state index in [0.717, 1.165) is 6.33 Å². The lowest BCUT2D eigenvalue weighted by molar-refractivity contribution is -0.384. The summed E-state index contributed by atoms with van der Waals surface area (Å²) < 4.78 is 0.570. The first-order valence-electron chi connectivity index (χ1n) is 5.14. The van der Waals surface area contributed by atoms with Crippen LogP contribution in [0.5, 0.6) is 0 Å². The molecule has 20 heavy (non-hydrogen) atoms. The molecule has 1 heterocycles. The van der Waals surface area contributed by atoms with Crippen molar-refractivity contribution in [3.8, 4) is 6.07 Å². The monoisotopic (exact) mass is 353 g/mol. The minimum Gasteiger partial charge on any atom is -0.333 e. The molecule has 0 amide bonds. The first-order valence-corrected chi connectivity index (χ1v) is 6.31. The Morgan fingerprint density at radius 1 is 1.45 bits per heavy atom. The molecule has 1 N–H and O–H groups in total. The van der Waals surface area contributed by atoms with Crippen molar-refractivity contribution in [2.45, 2.75) is 0 Å². The van der Waals surface area contributed by atoms with E-state index < -0.39 is 10.6 Å². The summed E-state index contributed by atoms with van der Waals surface area (Å²) in [6, 6.07) is 6.74. The molecule has 1 aromatic carbocycles. The van der Waals surface area contributed by atoms with E-state index in [1.165, 1.54) is 0 Å². The van der Waals surface area contributed by atoms with Gasteiger partial charge in [0.1, 0.15) is 6.33 Å². The molecule has 2 rings (SSSR count). The molecule has 0 radical (unpaired) electrons. The average Bonchev–Trinajstić information content (AvgIpc) is 2.40. The van der Waals surface area contributed by atoms with Gasteiger partial charge in [-0.2, -0.15) is 5.26 Å². The number of rotatable bonds is 3. The van der Waals surface area contributed by atoms with Crippen LogP contribution in [-0.2, 0) is 0 Å². The third-order valence-electron chi connectivity index (χ3n) is 2.31. The Morgan fingerprint density at radius 2 is 2.20 bits per heavy atom. The van der Waals surface area contributed by atoms with Gasteiger partial charge in [-0.1, -0.05) is 11.6 Å². The van der Waals surface area contributed by atoms with Gasteiger partial charge in [0.05, 0.1) is 22.2 Å². The number of nitrogens with one attached hydrogen (secondary N) is 1. The topological polar surface area (TPSA) is 105 Å². The number of hydrogen-bond donors (Lipinski definition) is 1. The Bertz CT molecular complexity index is 731. The lowest BCUT2D eigenvalue weighted by Crippen LogP contribution is -2.02. The predicted molar refractivity (Wildman–Crippen MR) is 75.8 cm³/mol. The highest BCUT2D eigenvalue weighted by Gasteiger charge is 2.22. The molecule has 2 aromatic rings. The van der Waals surface area contributed by atoms with E-state index in [-0.39, 0.29) is 11.0 Å². The summed E-state index contributed by atoms with van der Waals surface area (Å²) in [4.78, 5) is 17.7. The first kappa shape index (κ1) is 14.2. The molecule has 0 saturated heterocycles. The quantitative estimate of drug-likeness (QED) is 0.514. The third kappa shape index (κ3) is 2.84. The molecule has 0 aliphatic rings. The fraction of sp³-hybridized carbons (Fsp3) is 0. The van der Waals surface area contributed by atoms with E-state index in [0.29, 0.717) is 15.7 Å². The molecule has 7 nitrogen and oxygen atoms in total. The number of aromatic nitrogens is 2. The first-order chi connectivity index (χ1) is 9.52. The number of hydrogen-bond acceptors (Lipinski definition) is 6. The summed E-state index contributed by atoms with van der Waals surface area (Å²) in [6.45, 7) is 0. The summed E-state index contributed by atoms with van der Waals surface area (Å²) in [5, 5.41) is 22.3. The molecule has 0 spiro atoms. The van der Waals surface area contributed by atoms with Crippen molar-refractivity contribution < 1.29 is 4.92 Å². The molecule has 0 aliphatic carbocycles. The Balaban J connectivity index is 2.43. The second-order valence-corrected chi connectivity index (χ2v) is 4.76. The summed E-state index contributed by atoms with van der Waals surface area (Å²) in [5.74, 6) is -0.0274. The van der Waals surface area contributed by atoms with Crippen LogP contribution in [0, 0.1) is 21.4 Å². The standard InChI is InChI=1S/C11H5BrClN5O2/c12-7-3-6(4-14)1-2-8(7)17-11-9(18(19)20)10(13)15-5-16-11/h1-3,5H,(H,15,16,17). The van der Waals surface area contributed by atoms with Gasteiger partial charge in [-0.3, -0.25) is 10.1 Å². The Morgan fingerprint density at radius 3 is 2.80 bits per heavy atom. The van der Waals surface area contributed by atoms with Gasteiger partial charge in [-0.05, 0) is 34.1 Å². The highest BCUT2D eigenvalue weighted by atomic mass is 79.9. The SMILES string of the molecule is N#Cc1ccc(Nc2ncnc(Cl)c2[N+](=O)[O-])c(Br)c1. The average molecular weight is 355 g/mol. The highest BCUT2D eigenvalue weighted by Crippen LogP contribution is 2.33. The van der Waals surface area contributed by atoms with Crippen LogP contribution in [0.25, 0.3) is 0 Å². The largest absolute Gasteiger partial charge is 0.348 e. The van der Waals surface area contributed by atoms with Gasteiger partial charge in [0.25, 0.3) is 0 Å². The molecular formula is C11H5BrClN5O2. The number of nitro groups is 1. The summed E-state index contributed by atoms with van der Waals surface area (Å²) in [5.41, 5.74) is 0.560. The maximum Gasteiger partial charge on any atom is 0.348 e. The molecule has 0 aliphatic heterocycles. The zero-order chi connectivity index (χ0) is 14.7. The van der Waals surface area contributed by atoms with Crippen LogP contribution in [0.15, 0.2) is 29.0 Å². The van der Waals surface area contributed by atoms with Gasteiger partial charge < -0.3 is 5.32 Å². The van der Waals surface area contributed by atoms with Crippen molar-refractivity contribution in [2.24, 2.45) is 0 Å². The van der Waals surface area contributed by atoms with Gasteiger partial charge >= 0.3 is 5.69 Å². The van der Waals surface area contributed by atoms with Crippen molar-refractivity contribution in [1.82, 2.24) is 9.97 Å². The molecule has 0 bridgehead atoms. The maximum atomic E-state index is 11.0. The highest BCUT2D eigenvalue weighted by molar-refractivity contribution is 9.10. The molecule has 0 unspecified atom stereocenters. The van der Waals surface area contributed by atoms with Gasteiger partial charge in [0.2, 0.25) is 11.0 Å². The van der Waals surface area contributed by atoms with E-state index >= 15 is 0 Å². The van der Waals surface area contributed by atoms with Crippen LogP contribution >= 0.6 is 27.5 Å². The third-order valence-corrected chi connectivity index (χ3v) is 3.24. The van der Waals surface area contributed by atoms with Gasteiger partial charge in [-0.25, -0.2) is 9.97 Å². The van der Waals surface area contributed by atoms with Crippen LogP contribution in [-0.4, -0.2) is 14.9 Å². The number of benzene rings is 1. The predicted octanol–water partition coefficient (Wildman–Crippen LogP) is 3.42. The van der Waals surface area contributed by atoms with Gasteiger partial charge in [-0.15, -0.1) is 0 Å². The number of nitrogens with zero attached hydrogens (tertiary/aromatic N) is 4. The summed E-state index contributed by atoms with van der Waals surface area (Å²) in [6.07, 6.45) is 1.12. The van der Waals surface area contributed by atoms with E-state index in [1.807, 2.05) is 6.07 Å². The minimum absolute atomic E-state index is 0.0274. The van der Waals surface area contributed by atoms with Crippen LogP contribution in [0.3, 0.4) is 0 Å². The van der Waals surface area contributed by atoms with Crippen LogP contribution in [0.2, 0.25) is 5.15 Å². The molecule has 0 saturated carbocycles. The lowest BCUT2D eigenvalue weighted by Gasteiger charge is -2.08. The fourth-order valence-corrected chi connectivity index (χ4v) is 2.10. The summed E-state index contributed by atoms with van der Waals surface area (Å²) in [7, 11) is 0. The lowest BCUT2D eigenvalue weighted by atomic mass is 10.2. The van der Waals surface area contributed by atoms with E-state index in [9.17, 15) is 10.1 Å². The number of nitriles is 1. The maximum absolute atomic E-state index is 11.0. The number of halogens is 2. The Hall–Kier alpha value is -2.24.